The first kappa shape index (κ1) is 17.9. The summed E-state index contributed by atoms with van der Waals surface area (Å²) in [6, 6.07) is 8.20. The third kappa shape index (κ3) is 3.17. The Hall–Kier alpha value is -1.90. The highest BCUT2D eigenvalue weighted by molar-refractivity contribution is 7.91. The summed E-state index contributed by atoms with van der Waals surface area (Å²) in [5.74, 6) is 0.479. The maximum Gasteiger partial charge on any atom is 0.253 e. The summed E-state index contributed by atoms with van der Waals surface area (Å²) in [5.41, 5.74) is 1.45. The molecule has 3 rings (SSSR count). The minimum absolute atomic E-state index is 0.228. The van der Waals surface area contributed by atoms with Gasteiger partial charge in [0.1, 0.15) is 16.0 Å². The second kappa shape index (κ2) is 6.78. The number of hydrogen-bond donors (Lipinski definition) is 0. The van der Waals surface area contributed by atoms with Crippen molar-refractivity contribution >= 4 is 33.0 Å². The number of aryl methyl sites for hydroxylation is 1. The van der Waals surface area contributed by atoms with Crippen molar-refractivity contribution < 1.29 is 17.9 Å². The highest BCUT2D eigenvalue weighted by Crippen LogP contribution is 2.30. The Balaban J connectivity index is 1.85. The molecular formula is C17H20N2O4S2. The number of amides is 1. The fourth-order valence-electron chi connectivity index (χ4n) is 2.93. The molecule has 1 aromatic carbocycles. The molecule has 2 heterocycles. The lowest BCUT2D eigenvalue weighted by atomic mass is 10.2. The number of rotatable bonds is 4. The summed E-state index contributed by atoms with van der Waals surface area (Å²) >= 11 is 1.19. The van der Waals surface area contributed by atoms with Crippen LogP contribution >= 0.6 is 11.3 Å². The Bertz CT molecular complexity index is 874. The van der Waals surface area contributed by atoms with Crippen LogP contribution in [0.25, 0.3) is 0 Å². The van der Waals surface area contributed by atoms with E-state index in [-0.39, 0.29) is 12.5 Å². The summed E-state index contributed by atoms with van der Waals surface area (Å²) in [5, 5.41) is 1.75. The molecule has 2 aromatic rings. The summed E-state index contributed by atoms with van der Waals surface area (Å²) in [7, 11) is -2.08. The molecule has 6 nitrogen and oxygen atoms in total. The van der Waals surface area contributed by atoms with Gasteiger partial charge in [-0.15, -0.1) is 11.3 Å². The minimum Gasteiger partial charge on any atom is -0.497 e. The summed E-state index contributed by atoms with van der Waals surface area (Å²) in [6.07, 6.45) is 0. The van der Waals surface area contributed by atoms with Gasteiger partial charge < -0.3 is 9.64 Å². The predicted molar refractivity (Wildman–Crippen MR) is 97.8 cm³/mol. The molecule has 0 unspecified atom stereocenters. The van der Waals surface area contributed by atoms with Gasteiger partial charge in [0.25, 0.3) is 10.0 Å². The molecule has 0 N–H and O–H groups in total. The molecule has 0 spiro atoms. The minimum atomic E-state index is -3.66. The molecule has 1 aliphatic heterocycles. The molecular weight excluding hydrogens is 360 g/mol. The van der Waals surface area contributed by atoms with Gasteiger partial charge in [-0.05, 0) is 55.1 Å². The molecule has 1 saturated heterocycles. The number of piperazine rings is 1. The Morgan fingerprint density at radius 3 is 2.40 bits per heavy atom. The van der Waals surface area contributed by atoms with Gasteiger partial charge in [-0.2, -0.15) is 4.31 Å². The molecule has 8 heteroatoms. The molecule has 1 fully saturated rings. The molecule has 1 aliphatic rings. The SMILES string of the molecule is COc1ccc(N2CCN(S(=O)(=O)c3sccc3C)[C@H](C)C2=O)cc1. The van der Waals surface area contributed by atoms with Crippen LogP contribution in [0.15, 0.2) is 39.9 Å². The lowest BCUT2D eigenvalue weighted by Gasteiger charge is -2.38. The molecule has 134 valence electrons. The number of carbonyl (C=O) groups excluding carboxylic acids is 1. The molecule has 1 atom stereocenters. The van der Waals surface area contributed by atoms with Gasteiger partial charge in [0.05, 0.1) is 7.11 Å². The van der Waals surface area contributed by atoms with E-state index in [2.05, 4.69) is 0 Å². The number of ether oxygens (including phenoxy) is 1. The number of carbonyl (C=O) groups is 1. The predicted octanol–water partition coefficient (Wildman–Crippen LogP) is 2.49. The van der Waals surface area contributed by atoms with E-state index >= 15 is 0 Å². The van der Waals surface area contributed by atoms with Crippen LogP contribution in [0.2, 0.25) is 0 Å². The van der Waals surface area contributed by atoms with Crippen LogP contribution in [-0.4, -0.2) is 44.9 Å². The van der Waals surface area contributed by atoms with Gasteiger partial charge >= 0.3 is 0 Å². The van der Waals surface area contributed by atoms with Crippen molar-refractivity contribution in [3.05, 3.63) is 41.3 Å². The quantitative estimate of drug-likeness (QED) is 0.817. The van der Waals surface area contributed by atoms with E-state index in [4.69, 9.17) is 4.74 Å². The van der Waals surface area contributed by atoms with Gasteiger partial charge in [-0.25, -0.2) is 8.42 Å². The van der Waals surface area contributed by atoms with Crippen LogP contribution in [0.5, 0.6) is 5.75 Å². The third-order valence-corrected chi connectivity index (χ3v) is 7.98. The van der Waals surface area contributed by atoms with Crippen molar-refractivity contribution in [3.8, 4) is 5.75 Å². The zero-order valence-corrected chi connectivity index (χ0v) is 15.9. The fraction of sp³-hybridized carbons (Fsp3) is 0.353. The fourth-order valence-corrected chi connectivity index (χ4v) is 6.03. The lowest BCUT2D eigenvalue weighted by Crippen LogP contribution is -2.57. The van der Waals surface area contributed by atoms with E-state index in [0.29, 0.717) is 22.1 Å². The number of anilines is 1. The molecule has 0 aliphatic carbocycles. The number of benzene rings is 1. The molecule has 0 saturated carbocycles. The zero-order valence-electron chi connectivity index (χ0n) is 14.3. The maximum absolute atomic E-state index is 12.9. The van der Waals surface area contributed by atoms with E-state index in [1.807, 2.05) is 0 Å². The Morgan fingerprint density at radius 1 is 1.16 bits per heavy atom. The van der Waals surface area contributed by atoms with Gasteiger partial charge in [-0.3, -0.25) is 4.79 Å². The molecule has 0 radical (unpaired) electrons. The monoisotopic (exact) mass is 380 g/mol. The van der Waals surface area contributed by atoms with Crippen molar-refractivity contribution in [3.63, 3.8) is 0 Å². The van der Waals surface area contributed by atoms with Crippen LogP contribution in [0, 0.1) is 6.92 Å². The molecule has 1 aromatic heterocycles. The van der Waals surface area contributed by atoms with Gasteiger partial charge in [-0.1, -0.05) is 0 Å². The van der Waals surface area contributed by atoms with Gasteiger partial charge in [0.2, 0.25) is 5.91 Å². The second-order valence-corrected chi connectivity index (χ2v) is 8.87. The molecule has 1 amide bonds. The standard InChI is InChI=1S/C17H20N2O4S2/c1-12-8-11-24-17(12)25(21,22)19-10-9-18(16(20)13(19)2)14-4-6-15(23-3)7-5-14/h4-8,11,13H,9-10H2,1-3H3/t13-/m1/s1. The van der Waals surface area contributed by atoms with E-state index in [9.17, 15) is 13.2 Å². The third-order valence-electron chi connectivity index (χ3n) is 4.34. The molecule has 25 heavy (non-hydrogen) atoms. The van der Waals surface area contributed by atoms with Crippen molar-refractivity contribution in [2.45, 2.75) is 24.1 Å². The van der Waals surface area contributed by atoms with E-state index in [0.717, 1.165) is 5.69 Å². The Labute approximate surface area is 151 Å². The van der Waals surface area contributed by atoms with Crippen molar-refractivity contribution in [1.29, 1.82) is 0 Å². The van der Waals surface area contributed by atoms with E-state index in [1.165, 1.54) is 15.6 Å². The first-order valence-electron chi connectivity index (χ1n) is 7.87. The Kier molecular flexibility index (Phi) is 4.86. The van der Waals surface area contributed by atoms with Crippen LogP contribution in [0.1, 0.15) is 12.5 Å². The highest BCUT2D eigenvalue weighted by atomic mass is 32.2. The summed E-state index contributed by atoms with van der Waals surface area (Å²) < 4.78 is 32.5. The topological polar surface area (TPSA) is 66.9 Å². The average molecular weight is 380 g/mol. The summed E-state index contributed by atoms with van der Waals surface area (Å²) in [4.78, 5) is 14.4. The number of nitrogens with zero attached hydrogens (tertiary/aromatic N) is 2. The van der Waals surface area contributed by atoms with E-state index < -0.39 is 16.1 Å². The highest BCUT2D eigenvalue weighted by Gasteiger charge is 2.40. The lowest BCUT2D eigenvalue weighted by molar-refractivity contribution is -0.123. The number of methoxy groups -OCH3 is 1. The largest absolute Gasteiger partial charge is 0.497 e. The smallest absolute Gasteiger partial charge is 0.253 e. The van der Waals surface area contributed by atoms with Crippen LogP contribution in [-0.2, 0) is 14.8 Å². The average Bonchev–Trinajstić information content (AvgIpc) is 3.04. The normalized spacial score (nSPS) is 19.2. The zero-order chi connectivity index (χ0) is 18.2. The Morgan fingerprint density at radius 2 is 1.84 bits per heavy atom. The van der Waals surface area contributed by atoms with Gasteiger partial charge in [0.15, 0.2) is 0 Å². The van der Waals surface area contributed by atoms with Crippen LogP contribution < -0.4 is 9.64 Å². The second-order valence-electron chi connectivity index (χ2n) is 5.87. The number of sulfonamides is 1. The van der Waals surface area contributed by atoms with Crippen molar-refractivity contribution in [2.24, 2.45) is 0 Å². The van der Waals surface area contributed by atoms with Crippen molar-refractivity contribution in [1.82, 2.24) is 4.31 Å². The number of thiophene rings is 1. The first-order valence-corrected chi connectivity index (χ1v) is 10.2. The van der Waals surface area contributed by atoms with Crippen LogP contribution in [0.3, 0.4) is 0 Å². The maximum atomic E-state index is 12.9. The first-order chi connectivity index (χ1) is 11.9. The van der Waals surface area contributed by atoms with Crippen LogP contribution in [0.4, 0.5) is 5.69 Å². The molecule has 0 bridgehead atoms. The van der Waals surface area contributed by atoms with E-state index in [1.54, 1.807) is 61.6 Å². The van der Waals surface area contributed by atoms with Crippen molar-refractivity contribution in [2.75, 3.05) is 25.1 Å². The van der Waals surface area contributed by atoms with Gasteiger partial charge in [0, 0.05) is 18.8 Å². The summed E-state index contributed by atoms with van der Waals surface area (Å²) in [6.45, 7) is 3.99. The number of hydrogen-bond acceptors (Lipinski definition) is 5.